The Balaban J connectivity index is 1.70. The van der Waals surface area contributed by atoms with E-state index in [1.165, 1.54) is 0 Å². The number of hydrogen-bond donors (Lipinski definition) is 1. The average molecular weight is 491 g/mol. The van der Waals surface area contributed by atoms with Gasteiger partial charge in [-0.25, -0.2) is 0 Å². The van der Waals surface area contributed by atoms with E-state index in [0.717, 1.165) is 37.0 Å². The molecule has 5 nitrogen and oxygen atoms in total. The van der Waals surface area contributed by atoms with E-state index in [4.69, 9.17) is 0 Å². The van der Waals surface area contributed by atoms with Gasteiger partial charge in [0.05, 0.1) is 12.1 Å². The largest absolute Gasteiger partial charge is 0.425 e. The van der Waals surface area contributed by atoms with Crippen molar-refractivity contribution >= 4 is 17.6 Å². The molecule has 1 aliphatic heterocycles. The van der Waals surface area contributed by atoms with Crippen molar-refractivity contribution in [2.75, 3.05) is 0 Å². The van der Waals surface area contributed by atoms with Crippen molar-refractivity contribution in [2.24, 2.45) is 11.3 Å². The third-order valence-electron chi connectivity index (χ3n) is 7.56. The fourth-order valence-electron chi connectivity index (χ4n) is 5.84. The third kappa shape index (κ3) is 4.89. The molecule has 1 fully saturated rings. The van der Waals surface area contributed by atoms with Gasteiger partial charge >= 0.3 is 6.18 Å². The maximum Gasteiger partial charge on any atom is 0.425 e. The fraction of sp³-hybridized carbons (Fsp3) is 0.593. The van der Waals surface area contributed by atoms with Crippen LogP contribution < -0.4 is 5.32 Å². The number of carbonyl (C=O) groups excluding carboxylic acids is 3. The van der Waals surface area contributed by atoms with Crippen LogP contribution in [0.3, 0.4) is 0 Å². The second-order valence-electron chi connectivity index (χ2n) is 11.0. The van der Waals surface area contributed by atoms with Crippen molar-refractivity contribution < 1.29 is 27.6 Å². The molecule has 8 heteroatoms. The first kappa shape index (κ1) is 25.5. The van der Waals surface area contributed by atoms with Crippen LogP contribution in [0.4, 0.5) is 13.2 Å². The van der Waals surface area contributed by atoms with Crippen molar-refractivity contribution in [3.05, 3.63) is 47.2 Å². The summed E-state index contributed by atoms with van der Waals surface area (Å²) < 4.78 is 44.5. The Hall–Kier alpha value is -2.64. The second kappa shape index (κ2) is 9.43. The lowest BCUT2D eigenvalue weighted by Gasteiger charge is -2.35. The van der Waals surface area contributed by atoms with Gasteiger partial charge in [-0.05, 0) is 29.7 Å². The topological polar surface area (TPSA) is 66.5 Å². The number of halogens is 3. The van der Waals surface area contributed by atoms with E-state index >= 15 is 0 Å². The summed E-state index contributed by atoms with van der Waals surface area (Å²) in [5.41, 5.74) is -3.82. The lowest BCUT2D eigenvalue weighted by molar-refractivity contribution is -0.194. The first-order valence-electron chi connectivity index (χ1n) is 12.4. The summed E-state index contributed by atoms with van der Waals surface area (Å²) in [5.74, 6) is -2.56. The standard InChI is InChI=1S/C27H33F3N2O3/c1-25(2)15-20-23(21(33)16-25)26(27(28,29)30,24(35)32(20)17-19-11-7-4-8-12-19)31-22(34)14-13-18-9-5-3-6-10-18/h4,7-8,11-12,18H,3,5-6,9-10,13-17H2,1-2H3,(H,31,34)/t26-/m1/s1. The highest BCUT2D eigenvalue weighted by Gasteiger charge is 2.71. The molecule has 0 radical (unpaired) electrons. The van der Waals surface area contributed by atoms with E-state index in [2.05, 4.69) is 5.32 Å². The van der Waals surface area contributed by atoms with Crippen molar-refractivity contribution in [3.8, 4) is 0 Å². The summed E-state index contributed by atoms with van der Waals surface area (Å²) >= 11 is 0. The molecule has 2 amide bonds. The zero-order valence-electron chi connectivity index (χ0n) is 20.3. The number of hydrogen-bond acceptors (Lipinski definition) is 3. The van der Waals surface area contributed by atoms with Crippen molar-refractivity contribution in [1.82, 2.24) is 10.2 Å². The highest BCUT2D eigenvalue weighted by atomic mass is 19.4. The molecule has 1 atom stereocenters. The first-order valence-corrected chi connectivity index (χ1v) is 12.4. The molecule has 1 N–H and O–H groups in total. The number of Topliss-reactive ketones (excluding diaryl/α,β-unsaturated/α-hetero) is 1. The Labute approximate surface area is 204 Å². The number of nitrogens with one attached hydrogen (secondary N) is 1. The normalized spacial score (nSPS) is 25.1. The number of rotatable bonds is 6. The van der Waals surface area contributed by atoms with Gasteiger partial charge in [0.15, 0.2) is 5.78 Å². The minimum atomic E-state index is -5.16. The fourth-order valence-corrected chi connectivity index (χ4v) is 5.84. The predicted octanol–water partition coefficient (Wildman–Crippen LogP) is 5.45. The van der Waals surface area contributed by atoms with Crippen LogP contribution in [0.25, 0.3) is 0 Å². The average Bonchev–Trinajstić information content (AvgIpc) is 3.01. The van der Waals surface area contributed by atoms with Gasteiger partial charge in [-0.2, -0.15) is 13.2 Å². The molecule has 0 unspecified atom stereocenters. The van der Waals surface area contributed by atoms with E-state index in [1.807, 2.05) is 0 Å². The van der Waals surface area contributed by atoms with Gasteiger partial charge in [-0.1, -0.05) is 76.3 Å². The number of benzene rings is 1. The number of ketones is 1. The maximum absolute atomic E-state index is 14.8. The Morgan fingerprint density at radius 1 is 1.06 bits per heavy atom. The Morgan fingerprint density at radius 2 is 1.71 bits per heavy atom. The third-order valence-corrected chi connectivity index (χ3v) is 7.56. The lowest BCUT2D eigenvalue weighted by atomic mass is 9.72. The van der Waals surface area contributed by atoms with E-state index in [0.29, 0.717) is 17.9 Å². The molecule has 4 rings (SSSR count). The van der Waals surface area contributed by atoms with Gasteiger partial charge in [-0.3, -0.25) is 14.4 Å². The predicted molar refractivity (Wildman–Crippen MR) is 125 cm³/mol. The van der Waals surface area contributed by atoms with Gasteiger partial charge in [0.1, 0.15) is 0 Å². The Bertz CT molecular complexity index is 1030. The number of carbonyl (C=O) groups is 3. The summed E-state index contributed by atoms with van der Waals surface area (Å²) in [4.78, 5) is 40.8. The van der Waals surface area contributed by atoms with E-state index < -0.39 is 40.3 Å². The zero-order valence-corrected chi connectivity index (χ0v) is 20.3. The summed E-state index contributed by atoms with van der Waals surface area (Å²) in [7, 11) is 0. The molecule has 1 aromatic carbocycles. The molecule has 35 heavy (non-hydrogen) atoms. The molecule has 0 aromatic heterocycles. The SMILES string of the molecule is CC1(C)CC(=O)C2=C(C1)N(Cc1ccccc1)C(=O)[C@@]2(NC(=O)CCC1CCCCC1)C(F)(F)F. The number of allylic oxidation sites excluding steroid dienone is 1. The van der Waals surface area contributed by atoms with Crippen LogP contribution in [-0.2, 0) is 20.9 Å². The minimum Gasteiger partial charge on any atom is -0.330 e. The molecular weight excluding hydrogens is 457 g/mol. The van der Waals surface area contributed by atoms with Crippen LogP contribution in [0.1, 0.15) is 77.2 Å². The number of alkyl halides is 3. The van der Waals surface area contributed by atoms with Crippen LogP contribution in [-0.4, -0.2) is 34.2 Å². The maximum atomic E-state index is 14.8. The summed E-state index contributed by atoms with van der Waals surface area (Å²) in [6.07, 6.45) is 0.434. The van der Waals surface area contributed by atoms with Gasteiger partial charge in [-0.15, -0.1) is 0 Å². The monoisotopic (exact) mass is 490 g/mol. The molecular formula is C27H33F3N2O3. The summed E-state index contributed by atoms with van der Waals surface area (Å²) in [6, 6.07) is 8.70. The van der Waals surface area contributed by atoms with Crippen molar-refractivity contribution in [1.29, 1.82) is 0 Å². The highest BCUT2D eigenvalue weighted by molar-refractivity contribution is 6.13. The van der Waals surface area contributed by atoms with Crippen LogP contribution >= 0.6 is 0 Å². The second-order valence-corrected chi connectivity index (χ2v) is 11.0. The van der Waals surface area contributed by atoms with Crippen molar-refractivity contribution in [2.45, 2.75) is 89.9 Å². The smallest absolute Gasteiger partial charge is 0.330 e. The van der Waals surface area contributed by atoms with Gasteiger partial charge < -0.3 is 10.2 Å². The van der Waals surface area contributed by atoms with E-state index in [1.54, 1.807) is 44.2 Å². The molecule has 190 valence electrons. The van der Waals surface area contributed by atoms with Gasteiger partial charge in [0.25, 0.3) is 5.91 Å². The van der Waals surface area contributed by atoms with Gasteiger partial charge in [0, 0.05) is 18.5 Å². The lowest BCUT2D eigenvalue weighted by Crippen LogP contribution is -2.66. The Kier molecular flexibility index (Phi) is 6.86. The van der Waals surface area contributed by atoms with E-state index in [-0.39, 0.29) is 31.5 Å². The highest BCUT2D eigenvalue weighted by Crippen LogP contribution is 2.52. The Morgan fingerprint density at radius 3 is 2.34 bits per heavy atom. The number of amides is 2. The van der Waals surface area contributed by atoms with Crippen LogP contribution in [0.5, 0.6) is 0 Å². The molecule has 2 aliphatic carbocycles. The molecule has 0 spiro atoms. The molecule has 0 saturated heterocycles. The quantitative estimate of drug-likeness (QED) is 0.577. The van der Waals surface area contributed by atoms with E-state index in [9.17, 15) is 27.6 Å². The number of nitrogens with zero attached hydrogens (tertiary/aromatic N) is 1. The van der Waals surface area contributed by atoms with Crippen LogP contribution in [0, 0.1) is 11.3 Å². The minimum absolute atomic E-state index is 0.0741. The van der Waals surface area contributed by atoms with Gasteiger partial charge in [0.2, 0.25) is 11.4 Å². The molecule has 1 aromatic rings. The van der Waals surface area contributed by atoms with Crippen molar-refractivity contribution in [3.63, 3.8) is 0 Å². The molecule has 1 saturated carbocycles. The first-order chi connectivity index (χ1) is 16.4. The molecule has 3 aliphatic rings. The van der Waals surface area contributed by atoms with Crippen LogP contribution in [0.2, 0.25) is 0 Å². The molecule has 0 bridgehead atoms. The summed E-state index contributed by atoms with van der Waals surface area (Å²) in [6.45, 7) is 3.50. The molecule has 1 heterocycles. The van der Waals surface area contributed by atoms with Crippen LogP contribution in [0.15, 0.2) is 41.6 Å². The summed E-state index contributed by atoms with van der Waals surface area (Å²) in [5, 5.41) is 2.06. The zero-order chi connectivity index (χ0) is 25.4.